The summed E-state index contributed by atoms with van der Waals surface area (Å²) in [5, 5.41) is 3.31. The van der Waals surface area contributed by atoms with Gasteiger partial charge in [0.2, 0.25) is 0 Å². The third-order valence-corrected chi connectivity index (χ3v) is 10.9. The maximum Gasteiger partial charge on any atom is 0.328 e. The molecule has 2 amide bonds. The van der Waals surface area contributed by atoms with E-state index in [-0.39, 0.29) is 33.5 Å². The van der Waals surface area contributed by atoms with Gasteiger partial charge < -0.3 is 20.7 Å². The van der Waals surface area contributed by atoms with E-state index in [1.54, 1.807) is 24.5 Å². The first-order chi connectivity index (χ1) is 18.2. The molecule has 3 fully saturated rings. The van der Waals surface area contributed by atoms with Crippen molar-refractivity contribution in [1.82, 2.24) is 20.0 Å². The molecule has 3 heterocycles. The molecule has 1 aromatic heterocycles. The Kier molecular flexibility index (Phi) is 8.07. The van der Waals surface area contributed by atoms with Crippen molar-refractivity contribution in [3.05, 3.63) is 35.6 Å². The number of hydrogen-bond donors (Lipinski definition) is 3. The van der Waals surface area contributed by atoms with Gasteiger partial charge in [-0.15, -0.1) is 0 Å². The Hall–Kier alpha value is -2.12. The van der Waals surface area contributed by atoms with Crippen molar-refractivity contribution in [3.63, 3.8) is 0 Å². The number of urea groups is 1. The van der Waals surface area contributed by atoms with Crippen molar-refractivity contribution < 1.29 is 17.9 Å². The topological polar surface area (TPSA) is 140 Å². The van der Waals surface area contributed by atoms with E-state index in [0.717, 1.165) is 57.4 Å². The third-order valence-electron chi connectivity index (χ3n) is 7.89. The van der Waals surface area contributed by atoms with Gasteiger partial charge in [0, 0.05) is 35.5 Å². The van der Waals surface area contributed by atoms with Crippen LogP contribution in [-0.2, 0) is 14.8 Å². The second kappa shape index (κ2) is 11.2. The number of benzene rings is 1. The molecule has 4 N–H and O–H groups in total. The van der Waals surface area contributed by atoms with Crippen LogP contribution in [0.25, 0.3) is 0 Å². The SMILES string of the molecule is C[C@@H]1OCC2(CCN(c3cnc(Sc4cccc(S(=O)(=O)NC(=O)NC5CCCC5)c4Cl)cn3)CC2)[C@@H]1N. The first-order valence-corrected chi connectivity index (χ1v) is 15.6. The van der Waals surface area contributed by atoms with E-state index in [1.807, 2.05) is 6.92 Å². The summed E-state index contributed by atoms with van der Waals surface area (Å²) in [4.78, 5) is 23.9. The summed E-state index contributed by atoms with van der Waals surface area (Å²) in [6.07, 6.45) is 9.09. The molecule has 13 heteroatoms. The van der Waals surface area contributed by atoms with Crippen molar-refractivity contribution in [1.29, 1.82) is 0 Å². The van der Waals surface area contributed by atoms with Gasteiger partial charge in [-0.05, 0) is 44.7 Å². The summed E-state index contributed by atoms with van der Waals surface area (Å²) in [5.74, 6) is 0.782. The molecule has 38 heavy (non-hydrogen) atoms. The molecule has 1 aromatic carbocycles. The number of sulfonamides is 1. The van der Waals surface area contributed by atoms with Gasteiger partial charge in [-0.1, -0.05) is 42.3 Å². The maximum absolute atomic E-state index is 12.9. The minimum Gasteiger partial charge on any atom is -0.376 e. The fourth-order valence-electron chi connectivity index (χ4n) is 5.53. The second-order valence-electron chi connectivity index (χ2n) is 10.3. The largest absolute Gasteiger partial charge is 0.376 e. The number of rotatable bonds is 6. The summed E-state index contributed by atoms with van der Waals surface area (Å²) in [6.45, 7) is 4.41. The second-order valence-corrected chi connectivity index (χ2v) is 13.4. The lowest BCUT2D eigenvalue weighted by atomic mass is 9.73. The molecule has 5 rings (SSSR count). The Bertz CT molecular complexity index is 1270. The number of piperidine rings is 1. The third kappa shape index (κ3) is 5.74. The van der Waals surface area contributed by atoms with E-state index >= 15 is 0 Å². The molecular weight excluding hydrogens is 548 g/mol. The number of anilines is 1. The normalized spacial score (nSPS) is 23.6. The lowest BCUT2D eigenvalue weighted by molar-refractivity contribution is 0.0974. The number of halogens is 1. The minimum absolute atomic E-state index is 0.00633. The Balaban J connectivity index is 1.22. The fraction of sp³-hybridized carbons (Fsp3) is 0.560. The van der Waals surface area contributed by atoms with Crippen molar-refractivity contribution in [2.75, 3.05) is 24.6 Å². The molecule has 1 saturated carbocycles. The van der Waals surface area contributed by atoms with Gasteiger partial charge in [0.15, 0.2) is 0 Å². The highest BCUT2D eigenvalue weighted by Crippen LogP contribution is 2.42. The average molecular weight is 581 g/mol. The predicted octanol–water partition coefficient (Wildman–Crippen LogP) is 3.54. The number of nitrogens with zero attached hydrogens (tertiary/aromatic N) is 3. The molecule has 2 saturated heterocycles. The Labute approximate surface area is 232 Å². The summed E-state index contributed by atoms with van der Waals surface area (Å²) >= 11 is 7.69. The Morgan fingerprint density at radius 1 is 1.21 bits per heavy atom. The van der Waals surface area contributed by atoms with Crippen LogP contribution in [0.1, 0.15) is 45.4 Å². The van der Waals surface area contributed by atoms with Crippen molar-refractivity contribution in [2.24, 2.45) is 11.1 Å². The number of aromatic nitrogens is 2. The van der Waals surface area contributed by atoms with Gasteiger partial charge >= 0.3 is 6.03 Å². The van der Waals surface area contributed by atoms with E-state index in [2.05, 4.69) is 24.9 Å². The zero-order chi connectivity index (χ0) is 26.9. The molecule has 2 aliphatic heterocycles. The van der Waals surface area contributed by atoms with Crippen molar-refractivity contribution >= 4 is 45.2 Å². The highest BCUT2D eigenvalue weighted by molar-refractivity contribution is 7.99. The molecule has 1 spiro atoms. The van der Waals surface area contributed by atoms with Crippen LogP contribution < -0.4 is 20.7 Å². The smallest absolute Gasteiger partial charge is 0.328 e. The summed E-state index contributed by atoms with van der Waals surface area (Å²) in [5.41, 5.74) is 6.46. The highest BCUT2D eigenvalue weighted by Gasteiger charge is 2.47. The van der Waals surface area contributed by atoms with Crippen LogP contribution in [0.3, 0.4) is 0 Å². The van der Waals surface area contributed by atoms with E-state index in [0.29, 0.717) is 16.5 Å². The predicted molar refractivity (Wildman–Crippen MR) is 146 cm³/mol. The Morgan fingerprint density at radius 3 is 2.58 bits per heavy atom. The fourth-order valence-corrected chi connectivity index (χ4v) is 7.94. The standard InChI is InChI=1S/C25H33ClN6O4S2/c1-16-23(27)25(15-36-16)9-11-32(12-10-25)20-13-29-21(14-28-20)37-18-7-4-8-19(22(18)26)38(34,35)31-24(33)30-17-5-2-3-6-17/h4,7-8,13-14,16-17,23H,2-3,5-6,9-12,15,27H2,1H3,(H2,30,31,33)/t16-,23+/m0/s1. The van der Waals surface area contributed by atoms with Crippen LogP contribution in [-0.4, -0.2) is 62.3 Å². The lowest BCUT2D eigenvalue weighted by Crippen LogP contribution is -2.50. The van der Waals surface area contributed by atoms with Gasteiger partial charge in [-0.3, -0.25) is 0 Å². The van der Waals surface area contributed by atoms with E-state index in [9.17, 15) is 13.2 Å². The van der Waals surface area contributed by atoms with Gasteiger partial charge in [0.1, 0.15) is 15.7 Å². The molecule has 0 bridgehead atoms. The van der Waals surface area contributed by atoms with Crippen LogP contribution in [0.4, 0.5) is 10.6 Å². The number of amides is 2. The molecule has 206 valence electrons. The van der Waals surface area contributed by atoms with Crippen LogP contribution in [0, 0.1) is 5.41 Å². The molecular formula is C25H33ClN6O4S2. The monoisotopic (exact) mass is 580 g/mol. The van der Waals surface area contributed by atoms with E-state index < -0.39 is 16.1 Å². The summed E-state index contributed by atoms with van der Waals surface area (Å²) in [7, 11) is -4.15. The first kappa shape index (κ1) is 27.4. The number of carbonyl (C=O) groups excluding carboxylic acids is 1. The number of ether oxygens (including phenoxy) is 1. The van der Waals surface area contributed by atoms with E-state index in [4.69, 9.17) is 22.1 Å². The number of hydrogen-bond acceptors (Lipinski definition) is 9. The lowest BCUT2D eigenvalue weighted by Gasteiger charge is -2.41. The number of carbonyl (C=O) groups is 1. The number of nitrogens with two attached hydrogens (primary N) is 1. The van der Waals surface area contributed by atoms with E-state index in [1.165, 1.54) is 17.8 Å². The average Bonchev–Trinajstić information content (AvgIpc) is 3.50. The zero-order valence-electron chi connectivity index (χ0n) is 21.2. The highest BCUT2D eigenvalue weighted by atomic mass is 35.5. The van der Waals surface area contributed by atoms with Crippen LogP contribution in [0.2, 0.25) is 5.02 Å². The molecule has 0 unspecified atom stereocenters. The molecule has 1 aliphatic carbocycles. The number of nitrogens with one attached hydrogen (secondary N) is 2. The molecule has 3 aliphatic rings. The molecule has 2 atom stereocenters. The quantitative estimate of drug-likeness (QED) is 0.468. The van der Waals surface area contributed by atoms with Crippen molar-refractivity contribution in [3.8, 4) is 0 Å². The molecule has 2 aromatic rings. The molecule has 10 nitrogen and oxygen atoms in total. The molecule has 0 radical (unpaired) electrons. The Morgan fingerprint density at radius 2 is 1.95 bits per heavy atom. The van der Waals surface area contributed by atoms with Crippen LogP contribution >= 0.6 is 23.4 Å². The van der Waals surface area contributed by atoms with Crippen LogP contribution in [0.5, 0.6) is 0 Å². The van der Waals surface area contributed by atoms with Crippen LogP contribution in [0.15, 0.2) is 45.4 Å². The minimum atomic E-state index is -4.15. The summed E-state index contributed by atoms with van der Waals surface area (Å²) < 4.78 is 33.6. The maximum atomic E-state index is 12.9. The van der Waals surface area contributed by atoms with Gasteiger partial charge in [-0.2, -0.15) is 0 Å². The van der Waals surface area contributed by atoms with Gasteiger partial charge in [0.25, 0.3) is 10.0 Å². The van der Waals surface area contributed by atoms with Gasteiger partial charge in [-0.25, -0.2) is 27.9 Å². The zero-order valence-corrected chi connectivity index (χ0v) is 23.6. The summed E-state index contributed by atoms with van der Waals surface area (Å²) in [6, 6.07) is 3.97. The first-order valence-electron chi connectivity index (χ1n) is 12.9. The van der Waals surface area contributed by atoms with Gasteiger partial charge in [0.05, 0.1) is 30.1 Å². The van der Waals surface area contributed by atoms with Crippen molar-refractivity contribution in [2.45, 2.75) is 78.5 Å².